The van der Waals surface area contributed by atoms with Crippen LogP contribution in [0.4, 0.5) is 0 Å². The molecule has 168 valence electrons. The van der Waals surface area contributed by atoms with Crippen LogP contribution < -0.4 is 18.9 Å². The van der Waals surface area contributed by atoms with E-state index in [0.29, 0.717) is 46.4 Å². The van der Waals surface area contributed by atoms with Crippen LogP contribution >= 0.6 is 0 Å². The van der Waals surface area contributed by atoms with Gasteiger partial charge in [-0.25, -0.2) is 0 Å². The van der Waals surface area contributed by atoms with Gasteiger partial charge in [0.05, 0.1) is 33.1 Å². The van der Waals surface area contributed by atoms with E-state index in [9.17, 15) is 9.90 Å². The van der Waals surface area contributed by atoms with Gasteiger partial charge in [-0.2, -0.15) is 0 Å². The zero-order valence-electron chi connectivity index (χ0n) is 18.9. The average molecular weight is 437 g/mol. The number of aldehydes is 1. The summed E-state index contributed by atoms with van der Waals surface area (Å²) in [6.45, 7) is 4.44. The molecule has 0 saturated carbocycles. The summed E-state index contributed by atoms with van der Waals surface area (Å²) in [5.74, 6) is 2.24. The first kappa shape index (κ1) is 21.6. The largest absolute Gasteiger partial charge is 0.507 e. The number of benzene rings is 2. The maximum Gasteiger partial charge on any atom is 0.167 e. The van der Waals surface area contributed by atoms with Crippen molar-refractivity contribution in [1.82, 2.24) is 4.57 Å². The first-order valence-electron chi connectivity index (χ1n) is 10.4. The van der Waals surface area contributed by atoms with E-state index in [4.69, 9.17) is 18.9 Å². The van der Waals surface area contributed by atoms with Gasteiger partial charge in [0.15, 0.2) is 29.3 Å². The predicted molar refractivity (Wildman–Crippen MR) is 121 cm³/mol. The van der Waals surface area contributed by atoms with Crippen LogP contribution in [0.1, 0.15) is 29.9 Å². The summed E-state index contributed by atoms with van der Waals surface area (Å²) < 4.78 is 24.1. The maximum atomic E-state index is 12.1. The predicted octanol–water partition coefficient (Wildman–Crippen LogP) is 4.71. The van der Waals surface area contributed by atoms with E-state index in [1.807, 2.05) is 36.6 Å². The molecule has 3 aromatic rings. The average Bonchev–Trinajstić information content (AvgIpc) is 3.16. The smallest absolute Gasteiger partial charge is 0.167 e. The highest BCUT2D eigenvalue weighted by Gasteiger charge is 2.26. The van der Waals surface area contributed by atoms with Gasteiger partial charge < -0.3 is 28.6 Å². The number of aromatic nitrogens is 1. The molecular formula is C25H27NO6. The van der Waals surface area contributed by atoms with Crippen molar-refractivity contribution in [2.45, 2.75) is 32.9 Å². The number of aryl methyl sites for hydroxylation is 1. The van der Waals surface area contributed by atoms with Crippen molar-refractivity contribution in [2.24, 2.45) is 0 Å². The molecule has 1 aliphatic rings. The van der Waals surface area contributed by atoms with Gasteiger partial charge in [0.25, 0.3) is 0 Å². The summed E-state index contributed by atoms with van der Waals surface area (Å²) in [4.78, 5) is 12.1. The first-order valence-corrected chi connectivity index (χ1v) is 10.4. The van der Waals surface area contributed by atoms with Crippen LogP contribution in [-0.4, -0.2) is 43.4 Å². The standard InChI is InChI=1S/C25H27NO6/c1-14(2)32-25-12-21(28)18(11-24(25)31-5)17-9-19-16-10-23(30-4)22(29-3)8-15(16)6-7-26(19)20(17)13-27/h8-14,28H,6-7H2,1-5H3. The molecule has 1 N–H and O–H groups in total. The second-order valence-corrected chi connectivity index (χ2v) is 7.90. The van der Waals surface area contributed by atoms with Gasteiger partial charge in [-0.15, -0.1) is 0 Å². The lowest BCUT2D eigenvalue weighted by Crippen LogP contribution is -2.13. The van der Waals surface area contributed by atoms with Crippen LogP contribution in [-0.2, 0) is 13.0 Å². The summed E-state index contributed by atoms with van der Waals surface area (Å²) in [6.07, 6.45) is 1.49. The maximum absolute atomic E-state index is 12.1. The Morgan fingerprint density at radius 2 is 1.50 bits per heavy atom. The normalized spacial score (nSPS) is 12.2. The van der Waals surface area contributed by atoms with E-state index in [-0.39, 0.29) is 11.9 Å². The molecule has 4 rings (SSSR count). The minimum atomic E-state index is -0.0787. The number of hydrogen-bond acceptors (Lipinski definition) is 6. The first-order chi connectivity index (χ1) is 15.4. The monoisotopic (exact) mass is 437 g/mol. The van der Waals surface area contributed by atoms with Crippen LogP contribution in [0.2, 0.25) is 0 Å². The number of aromatic hydroxyl groups is 1. The number of fused-ring (bicyclic) bond motifs is 3. The summed E-state index contributed by atoms with van der Waals surface area (Å²) >= 11 is 0. The van der Waals surface area contributed by atoms with E-state index in [2.05, 4.69) is 0 Å². The number of rotatable bonds is 7. The van der Waals surface area contributed by atoms with Crippen LogP contribution in [0.5, 0.6) is 28.7 Å². The number of hydrogen-bond donors (Lipinski definition) is 1. The molecule has 0 aliphatic carbocycles. The third kappa shape index (κ3) is 3.53. The van der Waals surface area contributed by atoms with Crippen molar-refractivity contribution in [1.29, 1.82) is 0 Å². The van der Waals surface area contributed by atoms with E-state index in [1.165, 1.54) is 6.07 Å². The number of nitrogens with zero attached hydrogens (tertiary/aromatic N) is 1. The van der Waals surface area contributed by atoms with Crippen LogP contribution in [0.15, 0.2) is 30.3 Å². The van der Waals surface area contributed by atoms with Crippen LogP contribution in [0.3, 0.4) is 0 Å². The highest BCUT2D eigenvalue weighted by atomic mass is 16.5. The molecule has 0 saturated heterocycles. The van der Waals surface area contributed by atoms with Crippen molar-refractivity contribution < 1.29 is 28.8 Å². The number of methoxy groups -OCH3 is 3. The molecule has 7 nitrogen and oxygen atoms in total. The van der Waals surface area contributed by atoms with Crippen molar-refractivity contribution in [3.05, 3.63) is 41.6 Å². The Kier molecular flexibility index (Phi) is 5.74. The quantitative estimate of drug-likeness (QED) is 0.540. The lowest BCUT2D eigenvalue weighted by Gasteiger charge is -2.22. The molecule has 32 heavy (non-hydrogen) atoms. The Balaban J connectivity index is 1.90. The van der Waals surface area contributed by atoms with Gasteiger partial charge in [-0.1, -0.05) is 0 Å². The van der Waals surface area contributed by atoms with E-state index < -0.39 is 0 Å². The van der Waals surface area contributed by atoms with Crippen LogP contribution in [0, 0.1) is 0 Å². The summed E-state index contributed by atoms with van der Waals surface area (Å²) in [5, 5.41) is 10.8. The van der Waals surface area contributed by atoms with Gasteiger partial charge in [0.2, 0.25) is 0 Å². The number of phenols is 1. The van der Waals surface area contributed by atoms with Gasteiger partial charge in [0, 0.05) is 35.0 Å². The van der Waals surface area contributed by atoms with Gasteiger partial charge in [-0.3, -0.25) is 4.79 Å². The van der Waals surface area contributed by atoms with Gasteiger partial charge in [0.1, 0.15) is 5.75 Å². The molecule has 0 bridgehead atoms. The molecule has 0 amide bonds. The molecule has 0 radical (unpaired) electrons. The minimum absolute atomic E-state index is 0.0139. The van der Waals surface area contributed by atoms with Crippen molar-refractivity contribution >= 4 is 6.29 Å². The Morgan fingerprint density at radius 1 is 0.875 bits per heavy atom. The fraction of sp³-hybridized carbons (Fsp3) is 0.320. The Hall–Kier alpha value is -3.61. The third-order valence-electron chi connectivity index (χ3n) is 5.68. The van der Waals surface area contributed by atoms with E-state index in [1.54, 1.807) is 27.4 Å². The summed E-state index contributed by atoms with van der Waals surface area (Å²) in [7, 11) is 4.76. The van der Waals surface area contributed by atoms with E-state index >= 15 is 0 Å². The van der Waals surface area contributed by atoms with Crippen LogP contribution in [0.25, 0.3) is 22.4 Å². The molecule has 1 aliphatic heterocycles. The van der Waals surface area contributed by atoms with E-state index in [0.717, 1.165) is 29.5 Å². The third-order valence-corrected chi connectivity index (χ3v) is 5.68. The molecule has 2 aromatic carbocycles. The molecule has 0 spiro atoms. The minimum Gasteiger partial charge on any atom is -0.507 e. The highest BCUT2D eigenvalue weighted by Crippen LogP contribution is 2.45. The molecule has 2 heterocycles. The molecule has 1 aromatic heterocycles. The van der Waals surface area contributed by atoms with Crippen molar-refractivity contribution in [3.63, 3.8) is 0 Å². The Morgan fingerprint density at radius 3 is 2.12 bits per heavy atom. The number of ether oxygens (including phenoxy) is 4. The topological polar surface area (TPSA) is 79.2 Å². The Labute approximate surface area is 187 Å². The number of carbonyl (C=O) groups excluding carboxylic acids is 1. The van der Waals surface area contributed by atoms with Crippen molar-refractivity contribution in [3.8, 4) is 51.1 Å². The molecule has 7 heteroatoms. The van der Waals surface area contributed by atoms with Gasteiger partial charge in [-0.05, 0) is 50.1 Å². The second kappa shape index (κ2) is 8.49. The molecule has 0 unspecified atom stereocenters. The fourth-order valence-electron chi connectivity index (χ4n) is 4.24. The fourth-order valence-corrected chi connectivity index (χ4v) is 4.24. The lowest BCUT2D eigenvalue weighted by molar-refractivity contribution is 0.111. The van der Waals surface area contributed by atoms with Crippen molar-refractivity contribution in [2.75, 3.05) is 21.3 Å². The summed E-state index contributed by atoms with van der Waals surface area (Å²) in [5.41, 5.74) is 4.59. The number of carbonyl (C=O) groups is 1. The SMILES string of the molecule is COc1cc2c(cc1OC)-c1cc(-c3cc(OC)c(OC(C)C)cc3O)c(C=O)n1CC2. The summed E-state index contributed by atoms with van der Waals surface area (Å²) in [6, 6.07) is 9.06. The highest BCUT2D eigenvalue weighted by molar-refractivity contribution is 5.92. The van der Waals surface area contributed by atoms with Gasteiger partial charge >= 0.3 is 0 Å². The zero-order chi connectivity index (χ0) is 23.0. The number of phenolic OH excluding ortho intramolecular Hbond substituents is 1. The Bertz CT molecular complexity index is 1180. The lowest BCUT2D eigenvalue weighted by atomic mass is 9.97. The second-order valence-electron chi connectivity index (χ2n) is 7.90. The molecule has 0 fully saturated rings. The molecular weight excluding hydrogens is 410 g/mol. The zero-order valence-corrected chi connectivity index (χ0v) is 18.9. The molecule has 0 atom stereocenters.